The molecule has 0 unspecified atom stereocenters. The maximum Gasteiger partial charge on any atom is 0.187 e. The lowest BCUT2D eigenvalue weighted by Crippen LogP contribution is -2.37. The van der Waals surface area contributed by atoms with Crippen LogP contribution in [-0.2, 0) is 0 Å². The molecule has 0 saturated carbocycles. The van der Waals surface area contributed by atoms with Gasteiger partial charge in [-0.3, -0.25) is 0 Å². The first kappa shape index (κ1) is 11.0. The van der Waals surface area contributed by atoms with Gasteiger partial charge in [0.2, 0.25) is 0 Å². The maximum absolute atomic E-state index is 6.92. The van der Waals surface area contributed by atoms with Crippen LogP contribution in [0.1, 0.15) is 26.7 Å². The number of nitrogens with zero attached hydrogens (tertiary/aromatic N) is 2. The van der Waals surface area contributed by atoms with Gasteiger partial charge in [0.1, 0.15) is 0 Å². The summed E-state index contributed by atoms with van der Waals surface area (Å²) in [5, 5.41) is 0. The summed E-state index contributed by atoms with van der Waals surface area (Å²) in [6.45, 7) is 13.9. The molecule has 0 aromatic heterocycles. The first-order chi connectivity index (χ1) is 7.61. The quantitative estimate of drug-likeness (QED) is 0.644. The van der Waals surface area contributed by atoms with Crippen molar-refractivity contribution in [1.82, 2.24) is 0 Å². The minimum absolute atomic E-state index is 0.493. The zero-order valence-corrected chi connectivity index (χ0v) is 10.0. The molecule has 16 heavy (non-hydrogen) atoms. The molecule has 1 aliphatic rings. The van der Waals surface area contributed by atoms with Crippen molar-refractivity contribution >= 4 is 11.4 Å². The Morgan fingerprint density at radius 2 is 1.69 bits per heavy atom. The fourth-order valence-electron chi connectivity index (χ4n) is 2.11. The Labute approximate surface area is 97.7 Å². The van der Waals surface area contributed by atoms with Gasteiger partial charge >= 0.3 is 0 Å². The molecule has 0 bridgehead atoms. The van der Waals surface area contributed by atoms with Gasteiger partial charge in [0.25, 0.3) is 0 Å². The Kier molecular flexibility index (Phi) is 2.87. The van der Waals surface area contributed by atoms with Gasteiger partial charge < -0.3 is 4.90 Å². The molecule has 1 fully saturated rings. The van der Waals surface area contributed by atoms with E-state index >= 15 is 0 Å². The van der Waals surface area contributed by atoms with Gasteiger partial charge in [0, 0.05) is 18.8 Å². The largest absolute Gasteiger partial charge is 0.372 e. The zero-order valence-electron chi connectivity index (χ0n) is 10.0. The van der Waals surface area contributed by atoms with Crippen molar-refractivity contribution in [3.8, 4) is 0 Å². The van der Waals surface area contributed by atoms with E-state index in [1.54, 1.807) is 0 Å². The van der Waals surface area contributed by atoms with E-state index in [-0.39, 0.29) is 0 Å². The van der Waals surface area contributed by atoms with Gasteiger partial charge in [0.05, 0.1) is 6.57 Å². The van der Waals surface area contributed by atoms with Crippen LogP contribution >= 0.6 is 0 Å². The number of hydrogen-bond acceptors (Lipinski definition) is 1. The van der Waals surface area contributed by atoms with Crippen LogP contribution in [0.25, 0.3) is 4.85 Å². The predicted molar refractivity (Wildman–Crippen MR) is 67.9 cm³/mol. The molecule has 0 spiro atoms. The zero-order chi connectivity index (χ0) is 11.6. The summed E-state index contributed by atoms with van der Waals surface area (Å²) in [4.78, 5) is 5.83. The molecule has 2 rings (SSSR count). The van der Waals surface area contributed by atoms with E-state index in [9.17, 15) is 0 Å². The van der Waals surface area contributed by atoms with E-state index in [0.717, 1.165) is 18.8 Å². The monoisotopic (exact) mass is 214 g/mol. The van der Waals surface area contributed by atoms with Crippen LogP contribution in [0.15, 0.2) is 24.3 Å². The molecule has 1 heterocycles. The van der Waals surface area contributed by atoms with E-state index < -0.39 is 0 Å². The molecule has 0 N–H and O–H groups in total. The molecule has 2 nitrogen and oxygen atoms in total. The molecule has 1 saturated heterocycles. The standard InChI is InChI=1S/C14H18N2/c1-14(2)8-10-16(11-9-14)13-6-4-12(15-3)5-7-13/h4-7H,8-11H2,1-2H3. The summed E-state index contributed by atoms with van der Waals surface area (Å²) in [5.74, 6) is 0. The lowest BCUT2D eigenvalue weighted by molar-refractivity contribution is 0.280. The minimum Gasteiger partial charge on any atom is -0.372 e. The second-order valence-electron chi connectivity index (χ2n) is 5.28. The van der Waals surface area contributed by atoms with Gasteiger partial charge in [0.15, 0.2) is 5.69 Å². The van der Waals surface area contributed by atoms with E-state index in [2.05, 4.69) is 35.7 Å². The number of piperidine rings is 1. The van der Waals surface area contributed by atoms with Crippen molar-refractivity contribution < 1.29 is 0 Å². The van der Waals surface area contributed by atoms with Crippen molar-refractivity contribution in [3.05, 3.63) is 35.7 Å². The number of rotatable bonds is 1. The molecule has 1 aromatic rings. The van der Waals surface area contributed by atoms with Crippen LogP contribution in [0, 0.1) is 12.0 Å². The van der Waals surface area contributed by atoms with Crippen LogP contribution in [0.3, 0.4) is 0 Å². The van der Waals surface area contributed by atoms with Gasteiger partial charge in [-0.2, -0.15) is 0 Å². The molecule has 0 amide bonds. The molecule has 2 heteroatoms. The van der Waals surface area contributed by atoms with Crippen LogP contribution in [0.5, 0.6) is 0 Å². The third-order valence-electron chi connectivity index (χ3n) is 3.46. The molecule has 1 aliphatic heterocycles. The maximum atomic E-state index is 6.92. The van der Waals surface area contributed by atoms with Gasteiger partial charge in [-0.15, -0.1) is 0 Å². The normalized spacial score (nSPS) is 19.2. The molecule has 0 atom stereocenters. The summed E-state index contributed by atoms with van der Waals surface area (Å²) >= 11 is 0. The molecule has 84 valence electrons. The lowest BCUT2D eigenvalue weighted by Gasteiger charge is -2.38. The summed E-state index contributed by atoms with van der Waals surface area (Å²) in [5.41, 5.74) is 2.47. The fourth-order valence-corrected chi connectivity index (χ4v) is 2.11. The highest BCUT2D eigenvalue weighted by Crippen LogP contribution is 2.32. The summed E-state index contributed by atoms with van der Waals surface area (Å²) in [7, 11) is 0. The van der Waals surface area contributed by atoms with E-state index in [1.807, 2.05) is 12.1 Å². The minimum atomic E-state index is 0.493. The average molecular weight is 214 g/mol. The van der Waals surface area contributed by atoms with Crippen molar-refractivity contribution in [2.45, 2.75) is 26.7 Å². The Balaban J connectivity index is 2.06. The Hall–Kier alpha value is -1.49. The summed E-state index contributed by atoms with van der Waals surface area (Å²) in [6.07, 6.45) is 2.50. The van der Waals surface area contributed by atoms with E-state index in [1.165, 1.54) is 18.5 Å². The molecular weight excluding hydrogens is 196 g/mol. The summed E-state index contributed by atoms with van der Waals surface area (Å²) in [6, 6.07) is 7.93. The predicted octanol–water partition coefficient (Wildman–Crippen LogP) is 3.86. The van der Waals surface area contributed by atoms with E-state index in [0.29, 0.717) is 5.41 Å². The van der Waals surface area contributed by atoms with Crippen molar-refractivity contribution in [2.24, 2.45) is 5.41 Å². The van der Waals surface area contributed by atoms with Gasteiger partial charge in [-0.1, -0.05) is 26.0 Å². The summed E-state index contributed by atoms with van der Waals surface area (Å²) < 4.78 is 0. The van der Waals surface area contributed by atoms with Crippen molar-refractivity contribution in [1.29, 1.82) is 0 Å². The first-order valence-electron chi connectivity index (χ1n) is 5.83. The van der Waals surface area contributed by atoms with Crippen molar-refractivity contribution in [2.75, 3.05) is 18.0 Å². The highest BCUT2D eigenvalue weighted by molar-refractivity contribution is 5.55. The second-order valence-corrected chi connectivity index (χ2v) is 5.28. The highest BCUT2D eigenvalue weighted by atomic mass is 15.1. The third-order valence-corrected chi connectivity index (χ3v) is 3.46. The van der Waals surface area contributed by atoms with Crippen LogP contribution in [0.4, 0.5) is 11.4 Å². The third kappa shape index (κ3) is 2.36. The number of benzene rings is 1. The van der Waals surface area contributed by atoms with Crippen LogP contribution in [0.2, 0.25) is 0 Å². The average Bonchev–Trinajstić information content (AvgIpc) is 2.29. The Bertz CT molecular complexity index is 388. The molecular formula is C14H18N2. The van der Waals surface area contributed by atoms with Gasteiger partial charge in [-0.05, 0) is 30.4 Å². The lowest BCUT2D eigenvalue weighted by atomic mass is 9.82. The molecule has 0 radical (unpaired) electrons. The van der Waals surface area contributed by atoms with Crippen LogP contribution < -0.4 is 4.90 Å². The second kappa shape index (κ2) is 4.17. The first-order valence-corrected chi connectivity index (χ1v) is 5.83. The van der Waals surface area contributed by atoms with Gasteiger partial charge in [-0.25, -0.2) is 4.85 Å². The number of hydrogen-bond donors (Lipinski definition) is 0. The SMILES string of the molecule is [C-]#[N+]c1ccc(N2CCC(C)(C)CC2)cc1. The number of anilines is 1. The highest BCUT2D eigenvalue weighted by Gasteiger charge is 2.25. The van der Waals surface area contributed by atoms with Crippen LogP contribution in [-0.4, -0.2) is 13.1 Å². The topological polar surface area (TPSA) is 7.60 Å². The molecule has 1 aromatic carbocycles. The Morgan fingerprint density at radius 3 is 2.19 bits per heavy atom. The molecule has 0 aliphatic carbocycles. The van der Waals surface area contributed by atoms with E-state index in [4.69, 9.17) is 6.57 Å². The van der Waals surface area contributed by atoms with Crippen molar-refractivity contribution in [3.63, 3.8) is 0 Å². The smallest absolute Gasteiger partial charge is 0.187 e. The Morgan fingerprint density at radius 1 is 1.12 bits per heavy atom. The fraction of sp³-hybridized carbons (Fsp3) is 0.500.